The highest BCUT2D eigenvalue weighted by atomic mass is 16.5. The van der Waals surface area contributed by atoms with E-state index < -0.39 is 30.1 Å². The second-order valence-electron chi connectivity index (χ2n) is 11.8. The van der Waals surface area contributed by atoms with Gasteiger partial charge in [-0.3, -0.25) is 14.4 Å². The van der Waals surface area contributed by atoms with Gasteiger partial charge in [0, 0.05) is 36.2 Å². The summed E-state index contributed by atoms with van der Waals surface area (Å²) in [5.41, 5.74) is 1.99. The summed E-state index contributed by atoms with van der Waals surface area (Å²) in [4.78, 5) is 41.1. The van der Waals surface area contributed by atoms with Gasteiger partial charge in [-0.2, -0.15) is 0 Å². The van der Waals surface area contributed by atoms with Crippen molar-refractivity contribution >= 4 is 18.1 Å². The molecule has 1 fully saturated rings. The first kappa shape index (κ1) is 32.3. The molecule has 5 rings (SSSR count). The topological polar surface area (TPSA) is 144 Å². The van der Waals surface area contributed by atoms with Crippen LogP contribution < -0.4 is 24.3 Å². The maximum Gasteiger partial charge on any atom is 0.247 e. The molecule has 0 aromatic heterocycles. The Balaban J connectivity index is 1.55. The Labute approximate surface area is 263 Å². The van der Waals surface area contributed by atoms with Gasteiger partial charge in [-0.15, -0.1) is 0 Å². The minimum absolute atomic E-state index is 0.0200. The van der Waals surface area contributed by atoms with Crippen LogP contribution >= 0.6 is 0 Å². The van der Waals surface area contributed by atoms with Crippen LogP contribution in [0.5, 0.6) is 23.0 Å². The first-order valence-electron chi connectivity index (χ1n) is 15.5. The summed E-state index contributed by atoms with van der Waals surface area (Å²) in [5.74, 6) is 0.896. The van der Waals surface area contributed by atoms with E-state index in [-0.39, 0.29) is 37.1 Å². The van der Waals surface area contributed by atoms with Gasteiger partial charge in [0.05, 0.1) is 39.9 Å². The average Bonchev–Trinajstić information content (AvgIpc) is 3.72. The number of hydrogen-bond acceptors (Lipinski definition) is 9. The number of carbonyl (C=O) groups is 3. The van der Waals surface area contributed by atoms with Crippen LogP contribution in [0.4, 0.5) is 0 Å². The van der Waals surface area contributed by atoms with Gasteiger partial charge >= 0.3 is 0 Å². The highest BCUT2D eigenvalue weighted by molar-refractivity contribution is 5.96. The first-order valence-corrected chi connectivity index (χ1v) is 15.5. The van der Waals surface area contributed by atoms with Crippen molar-refractivity contribution in [3.63, 3.8) is 0 Å². The van der Waals surface area contributed by atoms with Gasteiger partial charge in [-0.25, -0.2) is 0 Å². The molecule has 2 aliphatic carbocycles. The van der Waals surface area contributed by atoms with Crippen molar-refractivity contribution in [2.24, 2.45) is 5.92 Å². The van der Waals surface area contributed by atoms with Crippen molar-refractivity contribution in [1.29, 1.82) is 0 Å². The Morgan fingerprint density at radius 2 is 1.82 bits per heavy atom. The fourth-order valence-corrected chi connectivity index (χ4v) is 6.90. The maximum atomic E-state index is 14.1. The van der Waals surface area contributed by atoms with E-state index in [1.54, 1.807) is 43.4 Å². The summed E-state index contributed by atoms with van der Waals surface area (Å²) in [6.07, 6.45) is 5.05. The van der Waals surface area contributed by atoms with Crippen molar-refractivity contribution in [2.45, 2.75) is 62.7 Å². The van der Waals surface area contributed by atoms with Crippen LogP contribution in [0.1, 0.15) is 59.5 Å². The zero-order valence-electron chi connectivity index (χ0n) is 26.0. The molecule has 0 saturated heterocycles. The zero-order valence-corrected chi connectivity index (χ0v) is 26.0. The maximum absolute atomic E-state index is 14.1. The van der Waals surface area contributed by atoms with Crippen LogP contribution in [0.3, 0.4) is 0 Å². The largest absolute Gasteiger partial charge is 0.497 e. The van der Waals surface area contributed by atoms with Gasteiger partial charge in [-0.05, 0) is 67.2 Å². The van der Waals surface area contributed by atoms with Crippen molar-refractivity contribution in [1.82, 2.24) is 10.2 Å². The predicted octanol–water partition coefficient (Wildman–Crippen LogP) is 2.80. The van der Waals surface area contributed by atoms with Crippen LogP contribution in [0, 0.1) is 5.92 Å². The molecule has 0 spiro atoms. The van der Waals surface area contributed by atoms with E-state index in [0.29, 0.717) is 53.3 Å². The molecule has 11 nitrogen and oxygen atoms in total. The Kier molecular flexibility index (Phi) is 10.3. The Bertz CT molecular complexity index is 1430. The molecule has 3 aliphatic rings. The number of amides is 2. The Morgan fingerprint density at radius 1 is 1.07 bits per heavy atom. The van der Waals surface area contributed by atoms with Crippen LogP contribution in [-0.4, -0.2) is 92.5 Å². The number of aliphatic hydroxyl groups is 2. The summed E-state index contributed by atoms with van der Waals surface area (Å²) < 4.78 is 22.8. The highest BCUT2D eigenvalue weighted by Gasteiger charge is 2.51. The van der Waals surface area contributed by atoms with Gasteiger partial charge in [0.2, 0.25) is 11.8 Å². The van der Waals surface area contributed by atoms with Gasteiger partial charge in [0.15, 0.2) is 11.5 Å². The smallest absolute Gasteiger partial charge is 0.247 e. The molecule has 0 bridgehead atoms. The van der Waals surface area contributed by atoms with Crippen LogP contribution in [0.15, 0.2) is 42.0 Å². The van der Waals surface area contributed by atoms with Gasteiger partial charge in [-0.1, -0.05) is 12.8 Å². The summed E-state index contributed by atoms with van der Waals surface area (Å²) in [6.45, 7) is -0.00230. The predicted molar refractivity (Wildman–Crippen MR) is 165 cm³/mol. The lowest BCUT2D eigenvalue weighted by atomic mass is 9.77. The molecule has 1 heterocycles. The molecule has 45 heavy (non-hydrogen) atoms. The van der Waals surface area contributed by atoms with E-state index >= 15 is 0 Å². The van der Waals surface area contributed by atoms with Crippen molar-refractivity contribution < 1.29 is 43.5 Å². The number of ether oxygens (including phenoxy) is 4. The standard InChI is InChI=1S/C34H42N2O9/c1-42-23-8-9-27(43-2)22(17-23)10-12-36(29(39)16-20-6-4-5-7-20)26-18-25(34(41)35-11-13-37)30-24-14-21(19-38)15-28(44-3)32(24)45-33(30)31(26)40/h8-9,14-15,17-20,26,30-31,33,37,40H,4-7,10-13,16H2,1-3H3,(H,35,41). The molecule has 4 unspecified atom stereocenters. The molecule has 3 N–H and O–H groups in total. The molecule has 2 amide bonds. The molecule has 0 radical (unpaired) electrons. The Morgan fingerprint density at radius 3 is 2.49 bits per heavy atom. The van der Waals surface area contributed by atoms with Crippen LogP contribution in [0.2, 0.25) is 0 Å². The summed E-state index contributed by atoms with van der Waals surface area (Å²) in [6, 6.07) is 7.76. The first-order chi connectivity index (χ1) is 21.8. The van der Waals surface area contributed by atoms with Gasteiger partial charge < -0.3 is 39.4 Å². The average molecular weight is 623 g/mol. The fourth-order valence-electron chi connectivity index (χ4n) is 6.90. The quantitative estimate of drug-likeness (QED) is 0.287. The fraction of sp³-hybridized carbons (Fsp3) is 0.500. The molecule has 1 aliphatic heterocycles. The van der Waals surface area contributed by atoms with Crippen molar-refractivity contribution in [3.8, 4) is 23.0 Å². The van der Waals surface area contributed by atoms with Gasteiger partial charge in [0.1, 0.15) is 30.0 Å². The van der Waals surface area contributed by atoms with E-state index in [1.807, 2.05) is 12.1 Å². The minimum Gasteiger partial charge on any atom is -0.497 e. The summed E-state index contributed by atoms with van der Waals surface area (Å²) >= 11 is 0. The number of benzene rings is 2. The number of carbonyl (C=O) groups excluding carboxylic acids is 3. The van der Waals surface area contributed by atoms with Gasteiger partial charge in [0.25, 0.3) is 0 Å². The summed E-state index contributed by atoms with van der Waals surface area (Å²) in [7, 11) is 4.62. The number of rotatable bonds is 13. The monoisotopic (exact) mass is 622 g/mol. The number of aldehydes is 1. The molecule has 242 valence electrons. The van der Waals surface area contributed by atoms with E-state index in [2.05, 4.69) is 5.32 Å². The Hall–Kier alpha value is -4.09. The number of methoxy groups -OCH3 is 3. The third kappa shape index (κ3) is 6.64. The molecule has 11 heteroatoms. The molecule has 4 atom stereocenters. The number of nitrogens with one attached hydrogen (secondary N) is 1. The van der Waals surface area contributed by atoms with E-state index in [1.165, 1.54) is 7.11 Å². The third-order valence-electron chi connectivity index (χ3n) is 9.14. The molecular formula is C34H42N2O9. The summed E-state index contributed by atoms with van der Waals surface area (Å²) in [5, 5.41) is 24.1. The second-order valence-corrected chi connectivity index (χ2v) is 11.8. The SMILES string of the molecule is COc1ccc(OC)c(CCN(C(=O)CC2CCCC2)C2C=C(C(=O)NCCO)C3c4cc(C=O)cc(OC)c4OC3C2O)c1. The second kappa shape index (κ2) is 14.3. The molecular weight excluding hydrogens is 580 g/mol. The molecule has 2 aromatic rings. The zero-order chi connectivity index (χ0) is 32.1. The highest BCUT2D eigenvalue weighted by Crippen LogP contribution is 2.51. The number of nitrogens with zero attached hydrogens (tertiary/aromatic N) is 1. The molecule has 1 saturated carbocycles. The number of hydrogen-bond donors (Lipinski definition) is 3. The van der Waals surface area contributed by atoms with Crippen LogP contribution in [0.25, 0.3) is 0 Å². The minimum atomic E-state index is -1.21. The lowest BCUT2D eigenvalue weighted by molar-refractivity contribution is -0.138. The lowest BCUT2D eigenvalue weighted by Crippen LogP contribution is -2.56. The number of fused-ring (bicyclic) bond motifs is 3. The molecule has 2 aromatic carbocycles. The van der Waals surface area contributed by atoms with E-state index in [0.717, 1.165) is 31.2 Å². The van der Waals surface area contributed by atoms with Crippen molar-refractivity contribution in [3.05, 3.63) is 58.7 Å². The third-order valence-corrected chi connectivity index (χ3v) is 9.14. The van der Waals surface area contributed by atoms with E-state index in [9.17, 15) is 24.6 Å². The van der Waals surface area contributed by atoms with E-state index in [4.69, 9.17) is 18.9 Å². The van der Waals surface area contributed by atoms with Crippen LogP contribution in [-0.2, 0) is 16.0 Å². The van der Waals surface area contributed by atoms with Crippen molar-refractivity contribution in [2.75, 3.05) is 41.0 Å². The number of aliphatic hydroxyl groups excluding tert-OH is 2. The normalized spacial score (nSPS) is 22.0. The lowest BCUT2D eigenvalue weighted by Gasteiger charge is -2.41.